The van der Waals surface area contributed by atoms with Crippen molar-refractivity contribution in [3.63, 3.8) is 0 Å². The van der Waals surface area contributed by atoms with Gasteiger partial charge in [-0.2, -0.15) is 4.37 Å². The smallest absolute Gasteiger partial charge is 0.269 e. The second kappa shape index (κ2) is 14.5. The Morgan fingerprint density at radius 3 is 2.46 bits per heavy atom. The van der Waals surface area contributed by atoms with Crippen molar-refractivity contribution in [3.05, 3.63) is 63.5 Å². The summed E-state index contributed by atoms with van der Waals surface area (Å²) in [6.07, 6.45) is 5.50. The van der Waals surface area contributed by atoms with E-state index in [2.05, 4.69) is 34.7 Å². The average Bonchev–Trinajstić information content (AvgIpc) is 3.66. The standard InChI is InChI=1S/C37H42N10O6S/c1-20-13-25(54-43-20)15-28-32(33(38)49)39-16-30(41-28)45-10-2-3-22(17-45)40-34(50)21-8-11-44(12-9-21)24-18-46(19-24)23-4-5-26-27(14-23)37(53)47(36(26)52)29-6-7-31(48)42-35(29)51/h4-5,13-14,16,21-22,24,29H,2-3,6-12,15,17-19H2,1H3,(H2,38,49)(H,40,50)(H,42,48,51)/t22-,29?/m1/s1. The zero-order chi connectivity index (χ0) is 37.7. The van der Waals surface area contributed by atoms with Crippen molar-refractivity contribution in [1.82, 2.24) is 34.8 Å². The van der Waals surface area contributed by atoms with Gasteiger partial charge in [-0.25, -0.2) is 9.97 Å². The van der Waals surface area contributed by atoms with Crippen molar-refractivity contribution in [2.75, 3.05) is 49.1 Å². The number of likely N-dealkylation sites (tertiary alicyclic amines) is 1. The van der Waals surface area contributed by atoms with Gasteiger partial charge in [0.05, 0.1) is 28.7 Å². The Balaban J connectivity index is 0.817. The Morgan fingerprint density at radius 2 is 1.74 bits per heavy atom. The first-order valence-corrected chi connectivity index (χ1v) is 19.3. The molecule has 8 rings (SSSR count). The molecule has 5 aliphatic heterocycles. The zero-order valence-corrected chi connectivity index (χ0v) is 30.8. The summed E-state index contributed by atoms with van der Waals surface area (Å²) in [6.45, 7) is 6.45. The van der Waals surface area contributed by atoms with E-state index in [1.54, 1.807) is 18.3 Å². The van der Waals surface area contributed by atoms with Crippen molar-refractivity contribution in [1.29, 1.82) is 0 Å². The number of hydrogen-bond donors (Lipinski definition) is 3. The lowest BCUT2D eigenvalue weighted by atomic mass is 9.92. The van der Waals surface area contributed by atoms with Crippen LogP contribution in [0.5, 0.6) is 0 Å². The van der Waals surface area contributed by atoms with Crippen LogP contribution in [0.1, 0.15) is 86.0 Å². The molecule has 0 aliphatic carbocycles. The minimum Gasteiger partial charge on any atom is -0.368 e. The fraction of sp³-hybridized carbons (Fsp3) is 0.486. The summed E-state index contributed by atoms with van der Waals surface area (Å²) in [7, 11) is 0. The molecule has 0 saturated carbocycles. The van der Waals surface area contributed by atoms with Gasteiger partial charge in [0.2, 0.25) is 17.7 Å². The number of aromatic nitrogens is 3. The fourth-order valence-corrected chi connectivity index (χ4v) is 9.00. The summed E-state index contributed by atoms with van der Waals surface area (Å²) in [5.41, 5.74) is 8.59. The van der Waals surface area contributed by atoms with Gasteiger partial charge in [0.15, 0.2) is 0 Å². The number of aryl methyl sites for hydroxylation is 1. The van der Waals surface area contributed by atoms with Crippen LogP contribution in [-0.2, 0) is 20.8 Å². The number of anilines is 2. The topological polar surface area (TPSA) is 204 Å². The van der Waals surface area contributed by atoms with Crippen LogP contribution in [0.3, 0.4) is 0 Å². The number of primary amides is 1. The maximum atomic E-state index is 13.5. The number of amides is 6. The number of piperidine rings is 3. The summed E-state index contributed by atoms with van der Waals surface area (Å²) in [6, 6.07) is 6.48. The molecule has 54 heavy (non-hydrogen) atoms. The molecule has 6 amide bonds. The van der Waals surface area contributed by atoms with Crippen molar-refractivity contribution in [2.45, 2.75) is 70.0 Å². The number of nitrogens with zero attached hydrogens (tertiary/aromatic N) is 7. The monoisotopic (exact) mass is 754 g/mol. The summed E-state index contributed by atoms with van der Waals surface area (Å²) in [5, 5.41) is 5.53. The Kier molecular flexibility index (Phi) is 9.60. The quantitative estimate of drug-likeness (QED) is 0.262. The average molecular weight is 755 g/mol. The second-order valence-corrected chi connectivity index (χ2v) is 15.7. The Bertz CT molecular complexity index is 2040. The molecule has 2 atom stereocenters. The van der Waals surface area contributed by atoms with Crippen molar-refractivity contribution in [2.24, 2.45) is 11.7 Å². The lowest BCUT2D eigenvalue weighted by Crippen LogP contribution is -2.61. The normalized spacial score (nSPS) is 22.6. The number of nitrogens with one attached hydrogen (secondary N) is 2. The molecule has 282 valence electrons. The number of benzene rings is 1. The molecule has 1 aromatic carbocycles. The maximum absolute atomic E-state index is 13.5. The number of carbonyl (C=O) groups is 6. The molecule has 4 saturated heterocycles. The van der Waals surface area contributed by atoms with Crippen LogP contribution in [-0.4, -0.2) is 117 Å². The van der Waals surface area contributed by atoms with Gasteiger partial charge in [-0.05, 0) is 87.9 Å². The van der Waals surface area contributed by atoms with Crippen LogP contribution in [0.2, 0.25) is 0 Å². The first-order valence-electron chi connectivity index (χ1n) is 18.5. The molecule has 4 fully saturated rings. The van der Waals surface area contributed by atoms with Crippen LogP contribution in [0, 0.1) is 12.8 Å². The van der Waals surface area contributed by atoms with E-state index in [9.17, 15) is 28.8 Å². The Labute approximate surface area is 315 Å². The van der Waals surface area contributed by atoms with Crippen LogP contribution in [0.15, 0.2) is 30.5 Å². The number of imide groups is 2. The van der Waals surface area contributed by atoms with Crippen LogP contribution in [0.25, 0.3) is 0 Å². The molecule has 5 aliphatic rings. The van der Waals surface area contributed by atoms with Gasteiger partial charge < -0.3 is 20.9 Å². The van der Waals surface area contributed by atoms with Gasteiger partial charge in [0.25, 0.3) is 17.7 Å². The Morgan fingerprint density at radius 1 is 0.963 bits per heavy atom. The van der Waals surface area contributed by atoms with E-state index < -0.39 is 35.6 Å². The van der Waals surface area contributed by atoms with Crippen LogP contribution in [0.4, 0.5) is 11.5 Å². The third kappa shape index (κ3) is 6.93. The predicted octanol–water partition coefficient (Wildman–Crippen LogP) is 1.02. The molecule has 17 heteroatoms. The molecule has 2 aromatic heterocycles. The third-order valence-electron chi connectivity index (χ3n) is 11.2. The van der Waals surface area contributed by atoms with Crippen molar-refractivity contribution >= 4 is 58.5 Å². The van der Waals surface area contributed by atoms with Crippen LogP contribution < -0.4 is 26.2 Å². The number of rotatable bonds is 9. The first kappa shape index (κ1) is 35.7. The van der Waals surface area contributed by atoms with E-state index in [0.29, 0.717) is 30.5 Å². The number of hydrogen-bond acceptors (Lipinski definition) is 13. The summed E-state index contributed by atoms with van der Waals surface area (Å²) >= 11 is 1.37. The van der Waals surface area contributed by atoms with E-state index in [1.165, 1.54) is 11.5 Å². The number of nitrogens with two attached hydrogens (primary N) is 1. The highest BCUT2D eigenvalue weighted by Gasteiger charge is 2.45. The van der Waals surface area contributed by atoms with Crippen molar-refractivity contribution in [3.8, 4) is 0 Å². The highest BCUT2D eigenvalue weighted by atomic mass is 32.1. The molecule has 4 N–H and O–H groups in total. The minimum atomic E-state index is -0.990. The van der Waals surface area contributed by atoms with E-state index in [0.717, 1.165) is 79.6 Å². The molecule has 3 aromatic rings. The number of fused-ring (bicyclic) bond motifs is 1. The van der Waals surface area contributed by atoms with Crippen molar-refractivity contribution < 1.29 is 28.8 Å². The minimum absolute atomic E-state index is 0.0275. The molecular formula is C37H42N10O6S. The van der Waals surface area contributed by atoms with E-state index in [1.807, 2.05) is 19.1 Å². The summed E-state index contributed by atoms with van der Waals surface area (Å²) in [5.74, 6) is -1.99. The molecule has 7 heterocycles. The van der Waals surface area contributed by atoms with Gasteiger partial charge in [-0.1, -0.05) is 0 Å². The molecule has 0 bridgehead atoms. The van der Waals surface area contributed by atoms with Gasteiger partial charge in [-0.15, -0.1) is 0 Å². The molecule has 16 nitrogen and oxygen atoms in total. The molecule has 0 radical (unpaired) electrons. The van der Waals surface area contributed by atoms with Crippen LogP contribution >= 0.6 is 11.5 Å². The largest absolute Gasteiger partial charge is 0.368 e. The Hall–Kier alpha value is -5.29. The van der Waals surface area contributed by atoms with Gasteiger partial charge in [0.1, 0.15) is 17.6 Å². The van der Waals surface area contributed by atoms with E-state index in [-0.39, 0.29) is 47.5 Å². The highest BCUT2D eigenvalue weighted by Crippen LogP contribution is 2.34. The summed E-state index contributed by atoms with van der Waals surface area (Å²) in [4.78, 5) is 93.8. The van der Waals surface area contributed by atoms with E-state index >= 15 is 0 Å². The lowest BCUT2D eigenvalue weighted by Gasteiger charge is -2.48. The highest BCUT2D eigenvalue weighted by molar-refractivity contribution is 7.05. The lowest BCUT2D eigenvalue weighted by molar-refractivity contribution is -0.136. The predicted molar refractivity (Wildman–Crippen MR) is 197 cm³/mol. The SMILES string of the molecule is Cc1cc(Cc2nc(N3CCC[C@@H](NC(=O)C4CCN(C5CN(c6ccc7c(c6)C(=O)N(C6CCC(=O)NC6=O)C7=O)C5)CC4)C3)cnc2C(N)=O)sn1. The third-order valence-corrected chi connectivity index (χ3v) is 12.1. The fourth-order valence-electron chi connectivity index (χ4n) is 8.26. The van der Waals surface area contributed by atoms with Gasteiger partial charge >= 0.3 is 0 Å². The maximum Gasteiger partial charge on any atom is 0.269 e. The molecular weight excluding hydrogens is 713 g/mol. The van der Waals surface area contributed by atoms with Gasteiger partial charge in [0, 0.05) is 67.6 Å². The second-order valence-electron chi connectivity index (χ2n) is 14.8. The van der Waals surface area contributed by atoms with E-state index in [4.69, 9.17) is 10.7 Å². The van der Waals surface area contributed by atoms with Gasteiger partial charge in [-0.3, -0.25) is 43.9 Å². The first-order chi connectivity index (χ1) is 26.0. The number of carbonyl (C=O) groups excluding carboxylic acids is 6. The molecule has 1 unspecified atom stereocenters. The zero-order valence-electron chi connectivity index (χ0n) is 30.0. The summed E-state index contributed by atoms with van der Waals surface area (Å²) < 4.78 is 4.33. The molecule has 0 spiro atoms.